The molecule has 0 saturated carbocycles. The van der Waals surface area contributed by atoms with E-state index < -0.39 is 24.3 Å². The molecule has 0 aromatic rings. The van der Waals surface area contributed by atoms with Crippen LogP contribution in [0.5, 0.6) is 0 Å². The topological polar surface area (TPSA) is 111 Å². The molecule has 0 saturated heterocycles. The molecular weight excluding hydrogens is 791 g/mol. The zero-order valence-electron chi connectivity index (χ0n) is 41.2. The lowest BCUT2D eigenvalue weighted by atomic mass is 10.0. The number of hydrogen-bond donors (Lipinski definition) is 0. The predicted octanol–water partition coefficient (Wildman–Crippen LogP) is 12.8. The monoisotopic (exact) mass is 886 g/mol. The first kappa shape index (κ1) is 60.0. The number of allylic oxidation sites excluding steroid dienone is 10. The van der Waals surface area contributed by atoms with Crippen LogP contribution >= 0.6 is 0 Å². The maximum atomic E-state index is 12.8. The van der Waals surface area contributed by atoms with Crippen molar-refractivity contribution >= 4 is 17.9 Å². The van der Waals surface area contributed by atoms with Gasteiger partial charge in [0.05, 0.1) is 40.3 Å². The maximum Gasteiger partial charge on any atom is 0.306 e. The first-order chi connectivity index (χ1) is 30.6. The Morgan fingerprint density at radius 3 is 1.40 bits per heavy atom. The number of ether oxygens (including phenoxy) is 4. The Balaban J connectivity index is 4.34. The lowest BCUT2D eigenvalue weighted by molar-refractivity contribution is -0.870. The lowest BCUT2D eigenvalue weighted by Crippen LogP contribution is -2.44. The van der Waals surface area contributed by atoms with E-state index in [2.05, 4.69) is 74.6 Å². The van der Waals surface area contributed by atoms with Gasteiger partial charge in [0, 0.05) is 12.8 Å². The summed E-state index contributed by atoms with van der Waals surface area (Å²) in [6.45, 7) is 4.58. The van der Waals surface area contributed by atoms with Crippen LogP contribution in [0.15, 0.2) is 60.8 Å². The Bertz CT molecular complexity index is 1220. The summed E-state index contributed by atoms with van der Waals surface area (Å²) in [6, 6.07) is 0. The second-order valence-corrected chi connectivity index (χ2v) is 18.1. The highest BCUT2D eigenvalue weighted by atomic mass is 16.7. The molecule has 364 valence electrons. The maximum absolute atomic E-state index is 12.8. The number of unbranched alkanes of at least 4 members (excludes halogenated alkanes) is 21. The van der Waals surface area contributed by atoms with Crippen molar-refractivity contribution in [3.05, 3.63) is 60.8 Å². The van der Waals surface area contributed by atoms with Gasteiger partial charge in [0.2, 0.25) is 0 Å². The number of carbonyl (C=O) groups excluding carboxylic acids is 3. The fourth-order valence-electron chi connectivity index (χ4n) is 6.81. The van der Waals surface area contributed by atoms with Crippen LogP contribution in [0.3, 0.4) is 0 Å². The third kappa shape index (κ3) is 46.8. The Hall–Kier alpha value is -3.01. The summed E-state index contributed by atoms with van der Waals surface area (Å²) in [7, 11) is 5.89. The van der Waals surface area contributed by atoms with E-state index in [-0.39, 0.29) is 38.6 Å². The summed E-state index contributed by atoms with van der Waals surface area (Å²) in [5.74, 6) is -2.34. The van der Waals surface area contributed by atoms with E-state index in [9.17, 15) is 19.5 Å². The second-order valence-electron chi connectivity index (χ2n) is 18.1. The van der Waals surface area contributed by atoms with Gasteiger partial charge >= 0.3 is 11.9 Å². The van der Waals surface area contributed by atoms with Crippen molar-refractivity contribution in [1.29, 1.82) is 0 Å². The third-order valence-electron chi connectivity index (χ3n) is 10.7. The molecule has 0 aliphatic heterocycles. The minimum atomic E-state index is -1.63. The highest BCUT2D eigenvalue weighted by Gasteiger charge is 2.21. The molecule has 9 heteroatoms. The first-order valence-electron chi connectivity index (χ1n) is 25.4. The van der Waals surface area contributed by atoms with Crippen LogP contribution < -0.4 is 5.11 Å². The van der Waals surface area contributed by atoms with E-state index in [1.165, 1.54) is 116 Å². The van der Waals surface area contributed by atoms with Gasteiger partial charge in [0.1, 0.15) is 13.2 Å². The number of nitrogens with zero attached hydrogens (tertiary/aromatic N) is 1. The van der Waals surface area contributed by atoms with Crippen molar-refractivity contribution in [2.45, 2.75) is 219 Å². The number of carboxylic acids is 1. The van der Waals surface area contributed by atoms with Crippen LogP contribution in [0.1, 0.15) is 206 Å². The molecule has 0 aliphatic rings. The van der Waals surface area contributed by atoms with Crippen molar-refractivity contribution < 1.29 is 42.9 Å². The predicted molar refractivity (Wildman–Crippen MR) is 260 cm³/mol. The highest BCUT2D eigenvalue weighted by Crippen LogP contribution is 2.15. The van der Waals surface area contributed by atoms with Gasteiger partial charge in [-0.15, -0.1) is 0 Å². The zero-order valence-corrected chi connectivity index (χ0v) is 41.2. The van der Waals surface area contributed by atoms with Gasteiger partial charge < -0.3 is 33.3 Å². The summed E-state index contributed by atoms with van der Waals surface area (Å²) in [5, 5.41) is 11.7. The van der Waals surface area contributed by atoms with Crippen LogP contribution in [0, 0.1) is 0 Å². The molecule has 0 aliphatic carbocycles. The van der Waals surface area contributed by atoms with Gasteiger partial charge in [-0.1, -0.05) is 177 Å². The summed E-state index contributed by atoms with van der Waals surface area (Å²) in [6.07, 6.45) is 52.7. The molecule has 0 fully saturated rings. The molecule has 0 spiro atoms. The summed E-state index contributed by atoms with van der Waals surface area (Å²) >= 11 is 0. The summed E-state index contributed by atoms with van der Waals surface area (Å²) < 4.78 is 22.6. The normalized spacial score (nSPS) is 13.3. The molecule has 2 atom stereocenters. The Labute approximate surface area is 386 Å². The minimum Gasteiger partial charge on any atom is -0.545 e. The van der Waals surface area contributed by atoms with Crippen molar-refractivity contribution in [1.82, 2.24) is 0 Å². The van der Waals surface area contributed by atoms with Crippen molar-refractivity contribution in [2.24, 2.45) is 0 Å². The molecule has 63 heavy (non-hydrogen) atoms. The molecule has 0 rings (SSSR count). The number of quaternary nitrogens is 1. The minimum absolute atomic E-state index is 0.138. The quantitative estimate of drug-likeness (QED) is 0.0195. The molecule has 0 N–H and O–H groups in total. The van der Waals surface area contributed by atoms with Gasteiger partial charge in [-0.05, 0) is 77.0 Å². The van der Waals surface area contributed by atoms with Gasteiger partial charge in [0.25, 0.3) is 0 Å². The molecule has 0 radical (unpaired) electrons. The van der Waals surface area contributed by atoms with Gasteiger partial charge in [-0.2, -0.15) is 0 Å². The highest BCUT2D eigenvalue weighted by molar-refractivity contribution is 5.70. The van der Waals surface area contributed by atoms with Gasteiger partial charge in [-0.3, -0.25) is 9.59 Å². The van der Waals surface area contributed by atoms with E-state index in [1.807, 2.05) is 21.1 Å². The number of likely N-dealkylation sites (N-methyl/N-ethyl adjacent to an activating group) is 1. The number of carbonyl (C=O) groups is 3. The van der Waals surface area contributed by atoms with E-state index in [4.69, 9.17) is 18.9 Å². The van der Waals surface area contributed by atoms with Gasteiger partial charge in [0.15, 0.2) is 12.4 Å². The number of carboxylic acid groups (broad SMARTS) is 1. The van der Waals surface area contributed by atoms with Crippen LogP contribution in [0.4, 0.5) is 0 Å². The van der Waals surface area contributed by atoms with Crippen LogP contribution in [0.25, 0.3) is 0 Å². The molecule has 0 aromatic heterocycles. The van der Waals surface area contributed by atoms with Crippen molar-refractivity contribution in [3.63, 3.8) is 0 Å². The molecule has 0 aromatic carbocycles. The molecule has 0 amide bonds. The fourth-order valence-corrected chi connectivity index (χ4v) is 6.81. The fraction of sp³-hybridized carbons (Fsp3) is 0.759. The third-order valence-corrected chi connectivity index (χ3v) is 10.7. The largest absolute Gasteiger partial charge is 0.545 e. The number of rotatable bonds is 46. The van der Waals surface area contributed by atoms with Crippen LogP contribution in [-0.4, -0.2) is 82.3 Å². The lowest BCUT2D eigenvalue weighted by Gasteiger charge is -2.26. The summed E-state index contributed by atoms with van der Waals surface area (Å²) in [5.41, 5.74) is 0. The molecule has 2 unspecified atom stereocenters. The van der Waals surface area contributed by atoms with Crippen molar-refractivity contribution in [3.8, 4) is 0 Å². The molecule has 0 bridgehead atoms. The molecule has 9 nitrogen and oxygen atoms in total. The Kier molecular flexibility index (Phi) is 43.4. The van der Waals surface area contributed by atoms with Crippen LogP contribution in [0.2, 0.25) is 0 Å². The average Bonchev–Trinajstić information content (AvgIpc) is 3.24. The molecule has 0 heterocycles. The van der Waals surface area contributed by atoms with E-state index >= 15 is 0 Å². The molecular formula is C54H95NO8. The van der Waals surface area contributed by atoms with Gasteiger partial charge in [-0.25, -0.2) is 0 Å². The number of hydrogen-bond acceptors (Lipinski definition) is 8. The number of esters is 2. The summed E-state index contributed by atoms with van der Waals surface area (Å²) in [4.78, 5) is 37.1. The standard InChI is InChI=1S/C54H95NO8/c1-6-8-10-12-14-16-18-20-22-23-24-25-26-27-28-29-31-32-34-36-38-40-42-44-51(56)61-48-50(49-62-54(53(58)59)60-47-46-55(3,4)5)63-52(57)45-43-41-39-37-35-33-30-21-19-17-15-13-11-9-7-2/h9,11,15,17,21,23-24,30,35,37,50,54H,6-8,10,12-14,16,18-20,22,25-29,31-34,36,38-49H2,1-5H3/b11-9-,17-15-,24-23-,30-21-,37-35-. The van der Waals surface area contributed by atoms with Crippen LogP contribution in [-0.2, 0) is 33.3 Å². The zero-order chi connectivity index (χ0) is 46.3. The smallest absolute Gasteiger partial charge is 0.306 e. The SMILES string of the molecule is CC/C=C\C/C=C\C/C=C\C/C=C\CCCCC(=O)OC(COC(=O)CCCCCCCCCCCCC/C=C\CCCCCCCCCC)COC(OCC[N+](C)(C)C)C(=O)[O-]. The van der Waals surface area contributed by atoms with E-state index in [0.717, 1.165) is 57.8 Å². The number of aliphatic carboxylic acids is 1. The Morgan fingerprint density at radius 2 is 0.905 bits per heavy atom. The first-order valence-corrected chi connectivity index (χ1v) is 25.4. The second kappa shape index (κ2) is 45.6. The Morgan fingerprint density at radius 1 is 0.492 bits per heavy atom. The average molecular weight is 886 g/mol. The van der Waals surface area contributed by atoms with E-state index in [0.29, 0.717) is 17.4 Å². The van der Waals surface area contributed by atoms with E-state index in [1.54, 1.807) is 0 Å². The van der Waals surface area contributed by atoms with Crippen molar-refractivity contribution in [2.75, 3.05) is 47.5 Å².